The van der Waals surface area contributed by atoms with Crippen LogP contribution in [0.4, 0.5) is 0 Å². The summed E-state index contributed by atoms with van der Waals surface area (Å²) in [6.07, 6.45) is 4.72. The van der Waals surface area contributed by atoms with E-state index in [9.17, 15) is 10.1 Å². The molecule has 0 fully saturated rings. The number of aromatic nitrogens is 1. The molecule has 0 unspecified atom stereocenters. The van der Waals surface area contributed by atoms with Crippen LogP contribution in [0.1, 0.15) is 12.5 Å². The van der Waals surface area contributed by atoms with Crippen LogP contribution in [0.15, 0.2) is 42.9 Å². The summed E-state index contributed by atoms with van der Waals surface area (Å²) in [5.74, 6) is 0. The standard InChI is InChI=1S/C10H10N2O2/c1-8(7-9(2)12(13)14)10-3-5-11-6-4-10/h3-7H,2H2,1H3/b8-7+. The minimum Gasteiger partial charge on any atom is -0.265 e. The van der Waals surface area contributed by atoms with E-state index in [0.29, 0.717) is 0 Å². The molecule has 0 radical (unpaired) electrons. The first-order valence-corrected chi connectivity index (χ1v) is 4.03. The van der Waals surface area contributed by atoms with Gasteiger partial charge in [-0.3, -0.25) is 15.1 Å². The number of rotatable bonds is 3. The average molecular weight is 190 g/mol. The van der Waals surface area contributed by atoms with Crippen LogP contribution in [0.5, 0.6) is 0 Å². The van der Waals surface area contributed by atoms with Crippen LogP contribution in [0.2, 0.25) is 0 Å². The molecule has 1 heterocycles. The van der Waals surface area contributed by atoms with Gasteiger partial charge in [-0.2, -0.15) is 0 Å². The summed E-state index contributed by atoms with van der Waals surface area (Å²) in [6, 6.07) is 3.58. The van der Waals surface area contributed by atoms with Gasteiger partial charge in [0.15, 0.2) is 0 Å². The Labute approximate surface area is 81.7 Å². The molecule has 0 spiro atoms. The number of pyridine rings is 1. The van der Waals surface area contributed by atoms with E-state index in [1.54, 1.807) is 31.5 Å². The second kappa shape index (κ2) is 4.32. The first-order valence-electron chi connectivity index (χ1n) is 4.03. The average Bonchev–Trinajstić information content (AvgIpc) is 2.19. The minimum absolute atomic E-state index is 0.112. The Bertz CT molecular complexity index is 382. The van der Waals surface area contributed by atoms with Crippen LogP contribution < -0.4 is 0 Å². The van der Waals surface area contributed by atoms with E-state index in [2.05, 4.69) is 11.6 Å². The van der Waals surface area contributed by atoms with Crippen LogP contribution in [0, 0.1) is 10.1 Å². The minimum atomic E-state index is -0.509. The van der Waals surface area contributed by atoms with Gasteiger partial charge < -0.3 is 0 Å². The summed E-state index contributed by atoms with van der Waals surface area (Å²) in [6.45, 7) is 5.12. The predicted molar refractivity (Wildman–Crippen MR) is 54.0 cm³/mol. The van der Waals surface area contributed by atoms with Crippen LogP contribution >= 0.6 is 0 Å². The molecule has 72 valence electrons. The maximum absolute atomic E-state index is 10.3. The summed E-state index contributed by atoms with van der Waals surface area (Å²) in [5.41, 5.74) is 1.59. The van der Waals surface area contributed by atoms with Crippen molar-refractivity contribution in [3.05, 3.63) is 58.6 Å². The van der Waals surface area contributed by atoms with Crippen LogP contribution in [0.25, 0.3) is 5.57 Å². The molecule has 0 aliphatic rings. The molecular weight excluding hydrogens is 180 g/mol. The Balaban J connectivity index is 2.91. The quantitative estimate of drug-likeness (QED) is 0.417. The normalized spacial score (nSPS) is 11.1. The van der Waals surface area contributed by atoms with Crippen LogP contribution in [0.3, 0.4) is 0 Å². The van der Waals surface area contributed by atoms with Crippen molar-refractivity contribution in [3.8, 4) is 0 Å². The summed E-state index contributed by atoms with van der Waals surface area (Å²) in [4.78, 5) is 13.7. The summed E-state index contributed by atoms with van der Waals surface area (Å²) in [7, 11) is 0. The van der Waals surface area contributed by atoms with Crippen molar-refractivity contribution < 1.29 is 4.92 Å². The molecule has 0 aromatic carbocycles. The highest BCUT2D eigenvalue weighted by molar-refractivity contribution is 5.65. The van der Waals surface area contributed by atoms with E-state index >= 15 is 0 Å². The lowest BCUT2D eigenvalue weighted by Crippen LogP contribution is -1.93. The van der Waals surface area contributed by atoms with Gasteiger partial charge in [0, 0.05) is 18.5 Å². The zero-order valence-corrected chi connectivity index (χ0v) is 7.80. The fraction of sp³-hybridized carbons (Fsp3) is 0.100. The molecular formula is C10H10N2O2. The predicted octanol–water partition coefficient (Wildman–Crippen LogP) is 2.28. The lowest BCUT2D eigenvalue weighted by molar-refractivity contribution is -0.418. The maximum Gasteiger partial charge on any atom is 0.262 e. The van der Waals surface area contributed by atoms with Gasteiger partial charge in [-0.05, 0) is 36.8 Å². The van der Waals surface area contributed by atoms with Crippen molar-refractivity contribution in [2.24, 2.45) is 0 Å². The maximum atomic E-state index is 10.3. The Kier molecular flexibility index (Phi) is 3.12. The van der Waals surface area contributed by atoms with Gasteiger partial charge in [0.2, 0.25) is 0 Å². The lowest BCUT2D eigenvalue weighted by Gasteiger charge is -1.98. The van der Waals surface area contributed by atoms with E-state index in [1.807, 2.05) is 0 Å². The number of hydrogen-bond acceptors (Lipinski definition) is 3. The van der Waals surface area contributed by atoms with E-state index in [4.69, 9.17) is 0 Å². The smallest absolute Gasteiger partial charge is 0.262 e. The molecule has 1 aromatic rings. The Morgan fingerprint density at radius 1 is 1.57 bits per heavy atom. The molecule has 4 heteroatoms. The van der Waals surface area contributed by atoms with E-state index < -0.39 is 4.92 Å². The number of nitro groups is 1. The highest BCUT2D eigenvalue weighted by Gasteiger charge is 2.03. The number of allylic oxidation sites excluding steroid dienone is 2. The van der Waals surface area contributed by atoms with Crippen LogP contribution in [-0.2, 0) is 0 Å². The van der Waals surface area contributed by atoms with Gasteiger partial charge in [0.05, 0.1) is 4.92 Å². The third-order valence-electron chi connectivity index (χ3n) is 1.75. The molecule has 1 aromatic heterocycles. The molecule has 0 amide bonds. The summed E-state index contributed by atoms with van der Waals surface area (Å²) < 4.78 is 0. The second-order valence-corrected chi connectivity index (χ2v) is 2.81. The van der Waals surface area contributed by atoms with Crippen molar-refractivity contribution in [1.82, 2.24) is 4.98 Å². The zero-order valence-electron chi connectivity index (χ0n) is 7.80. The highest BCUT2D eigenvalue weighted by Crippen LogP contribution is 2.13. The molecule has 1 rings (SSSR count). The third-order valence-corrected chi connectivity index (χ3v) is 1.75. The largest absolute Gasteiger partial charge is 0.265 e. The Hall–Kier alpha value is -1.97. The van der Waals surface area contributed by atoms with E-state index in [-0.39, 0.29) is 5.70 Å². The summed E-state index contributed by atoms with van der Waals surface area (Å²) in [5, 5.41) is 10.3. The van der Waals surface area contributed by atoms with Crippen molar-refractivity contribution in [1.29, 1.82) is 0 Å². The van der Waals surface area contributed by atoms with Crippen molar-refractivity contribution in [2.75, 3.05) is 0 Å². The van der Waals surface area contributed by atoms with Gasteiger partial charge >= 0.3 is 0 Å². The Morgan fingerprint density at radius 3 is 2.64 bits per heavy atom. The molecule has 0 bridgehead atoms. The highest BCUT2D eigenvalue weighted by atomic mass is 16.6. The molecule has 0 aliphatic heterocycles. The topological polar surface area (TPSA) is 56.0 Å². The fourth-order valence-corrected chi connectivity index (χ4v) is 1.00. The molecule has 0 saturated carbocycles. The first kappa shape index (κ1) is 10.1. The van der Waals surface area contributed by atoms with Gasteiger partial charge in [-0.1, -0.05) is 0 Å². The van der Waals surface area contributed by atoms with Crippen molar-refractivity contribution in [2.45, 2.75) is 6.92 Å². The van der Waals surface area contributed by atoms with E-state index in [1.165, 1.54) is 6.08 Å². The van der Waals surface area contributed by atoms with Crippen molar-refractivity contribution in [3.63, 3.8) is 0 Å². The molecule has 14 heavy (non-hydrogen) atoms. The molecule has 0 atom stereocenters. The monoisotopic (exact) mass is 190 g/mol. The molecule has 0 saturated heterocycles. The molecule has 0 N–H and O–H groups in total. The van der Waals surface area contributed by atoms with Crippen LogP contribution in [-0.4, -0.2) is 9.91 Å². The zero-order chi connectivity index (χ0) is 10.6. The van der Waals surface area contributed by atoms with Gasteiger partial charge in [0.1, 0.15) is 0 Å². The molecule has 4 nitrogen and oxygen atoms in total. The third kappa shape index (κ3) is 2.52. The van der Waals surface area contributed by atoms with Crippen molar-refractivity contribution >= 4 is 5.57 Å². The van der Waals surface area contributed by atoms with E-state index in [0.717, 1.165) is 11.1 Å². The Morgan fingerprint density at radius 2 is 2.14 bits per heavy atom. The summed E-state index contributed by atoms with van der Waals surface area (Å²) >= 11 is 0. The van der Waals surface area contributed by atoms with Gasteiger partial charge in [0.25, 0.3) is 5.70 Å². The van der Waals surface area contributed by atoms with Gasteiger partial charge in [-0.25, -0.2) is 0 Å². The first-order chi connectivity index (χ1) is 6.61. The number of nitrogens with zero attached hydrogens (tertiary/aromatic N) is 2. The number of hydrogen-bond donors (Lipinski definition) is 0. The fourth-order valence-electron chi connectivity index (χ4n) is 1.00. The lowest BCUT2D eigenvalue weighted by atomic mass is 10.1. The molecule has 0 aliphatic carbocycles. The van der Waals surface area contributed by atoms with Gasteiger partial charge in [-0.15, -0.1) is 0 Å². The second-order valence-electron chi connectivity index (χ2n) is 2.81. The SMILES string of the molecule is C=C(/C=C(\C)c1ccncc1)[N+](=O)[O-].